The number of nitrogens with one attached hydrogen (secondary N) is 2. The topological polar surface area (TPSA) is 59.6 Å². The Kier molecular flexibility index (Phi) is 7.91. The SMILES string of the molecule is CC(NC(=O)CC1COCCN1)c1ccc(Oc2ccccc2)cc1.Cl. The zero-order chi connectivity index (χ0) is 17.5. The Labute approximate surface area is 160 Å². The van der Waals surface area contributed by atoms with Gasteiger partial charge < -0.3 is 20.1 Å². The summed E-state index contributed by atoms with van der Waals surface area (Å²) in [5, 5.41) is 6.33. The lowest BCUT2D eigenvalue weighted by Gasteiger charge is -2.24. The fraction of sp³-hybridized carbons (Fsp3) is 0.350. The van der Waals surface area contributed by atoms with Crippen molar-refractivity contribution in [2.24, 2.45) is 0 Å². The van der Waals surface area contributed by atoms with E-state index in [9.17, 15) is 4.79 Å². The second-order valence-electron chi connectivity index (χ2n) is 6.20. The molecule has 2 atom stereocenters. The molecule has 2 aromatic rings. The molecule has 6 heteroatoms. The third-order valence-corrected chi connectivity index (χ3v) is 4.17. The minimum atomic E-state index is -0.0530. The highest BCUT2D eigenvalue weighted by atomic mass is 35.5. The van der Waals surface area contributed by atoms with Crippen molar-refractivity contribution in [3.8, 4) is 11.5 Å². The first-order valence-corrected chi connectivity index (χ1v) is 8.64. The number of rotatable bonds is 6. The van der Waals surface area contributed by atoms with Gasteiger partial charge in [-0.25, -0.2) is 0 Å². The Morgan fingerprint density at radius 3 is 2.54 bits per heavy atom. The van der Waals surface area contributed by atoms with Crippen LogP contribution in [0.4, 0.5) is 0 Å². The Morgan fingerprint density at radius 2 is 1.88 bits per heavy atom. The van der Waals surface area contributed by atoms with Crippen molar-refractivity contribution in [3.63, 3.8) is 0 Å². The highest BCUT2D eigenvalue weighted by Crippen LogP contribution is 2.23. The quantitative estimate of drug-likeness (QED) is 0.810. The van der Waals surface area contributed by atoms with Crippen molar-refractivity contribution in [2.75, 3.05) is 19.8 Å². The summed E-state index contributed by atoms with van der Waals surface area (Å²) in [5.74, 6) is 1.61. The number of benzene rings is 2. The van der Waals surface area contributed by atoms with E-state index in [4.69, 9.17) is 9.47 Å². The maximum Gasteiger partial charge on any atom is 0.222 e. The van der Waals surface area contributed by atoms with E-state index in [2.05, 4.69) is 10.6 Å². The summed E-state index contributed by atoms with van der Waals surface area (Å²) in [7, 11) is 0. The molecule has 2 N–H and O–H groups in total. The van der Waals surface area contributed by atoms with Crippen LogP contribution in [0.1, 0.15) is 24.9 Å². The summed E-state index contributed by atoms with van der Waals surface area (Å²) < 4.78 is 11.2. The molecule has 1 aliphatic heterocycles. The van der Waals surface area contributed by atoms with Gasteiger partial charge >= 0.3 is 0 Å². The van der Waals surface area contributed by atoms with Crippen LogP contribution in [0, 0.1) is 0 Å². The minimum Gasteiger partial charge on any atom is -0.457 e. The van der Waals surface area contributed by atoms with Gasteiger partial charge in [0, 0.05) is 19.0 Å². The van der Waals surface area contributed by atoms with Gasteiger partial charge in [-0.2, -0.15) is 0 Å². The first-order valence-electron chi connectivity index (χ1n) is 8.64. The Balaban J connectivity index is 0.00000243. The summed E-state index contributed by atoms with van der Waals surface area (Å²) >= 11 is 0. The third kappa shape index (κ3) is 6.02. The smallest absolute Gasteiger partial charge is 0.222 e. The lowest BCUT2D eigenvalue weighted by atomic mass is 10.1. The van der Waals surface area contributed by atoms with Gasteiger partial charge in [0.2, 0.25) is 5.91 Å². The van der Waals surface area contributed by atoms with Gasteiger partial charge in [-0.05, 0) is 36.8 Å². The summed E-state index contributed by atoms with van der Waals surface area (Å²) in [6, 6.07) is 17.5. The lowest BCUT2D eigenvalue weighted by molar-refractivity contribution is -0.122. The van der Waals surface area contributed by atoms with Crippen molar-refractivity contribution in [2.45, 2.75) is 25.4 Å². The van der Waals surface area contributed by atoms with Crippen molar-refractivity contribution in [3.05, 3.63) is 60.2 Å². The number of para-hydroxylation sites is 1. The number of hydrogen-bond acceptors (Lipinski definition) is 4. The van der Waals surface area contributed by atoms with Crippen molar-refractivity contribution in [1.82, 2.24) is 10.6 Å². The van der Waals surface area contributed by atoms with Crippen LogP contribution < -0.4 is 15.4 Å². The van der Waals surface area contributed by atoms with E-state index in [-0.39, 0.29) is 30.4 Å². The largest absolute Gasteiger partial charge is 0.457 e. The van der Waals surface area contributed by atoms with Gasteiger partial charge in [0.1, 0.15) is 11.5 Å². The average molecular weight is 377 g/mol. The lowest BCUT2D eigenvalue weighted by Crippen LogP contribution is -2.44. The summed E-state index contributed by atoms with van der Waals surface area (Å²) in [4.78, 5) is 12.2. The molecule has 1 saturated heterocycles. The van der Waals surface area contributed by atoms with Gasteiger partial charge in [-0.15, -0.1) is 12.4 Å². The van der Waals surface area contributed by atoms with Crippen LogP contribution in [0.3, 0.4) is 0 Å². The molecule has 140 valence electrons. The number of ether oxygens (including phenoxy) is 2. The maximum absolute atomic E-state index is 12.2. The van der Waals surface area contributed by atoms with Gasteiger partial charge in [-0.3, -0.25) is 4.79 Å². The number of hydrogen-bond donors (Lipinski definition) is 2. The van der Waals surface area contributed by atoms with E-state index in [1.165, 1.54) is 0 Å². The molecule has 2 aromatic carbocycles. The highest BCUT2D eigenvalue weighted by Gasteiger charge is 2.18. The molecule has 26 heavy (non-hydrogen) atoms. The molecule has 1 heterocycles. The number of carbonyl (C=O) groups excluding carboxylic acids is 1. The van der Waals surface area contributed by atoms with Crippen LogP contribution in [0.25, 0.3) is 0 Å². The van der Waals surface area contributed by atoms with Crippen LogP contribution in [-0.2, 0) is 9.53 Å². The monoisotopic (exact) mass is 376 g/mol. The first-order chi connectivity index (χ1) is 12.2. The molecule has 5 nitrogen and oxygen atoms in total. The van der Waals surface area contributed by atoms with E-state index in [0.717, 1.165) is 23.6 Å². The molecule has 1 aliphatic rings. The predicted octanol–water partition coefficient (Wildman–Crippen LogP) is 3.46. The van der Waals surface area contributed by atoms with Gasteiger partial charge in [0.15, 0.2) is 0 Å². The predicted molar refractivity (Wildman–Crippen MR) is 104 cm³/mol. The van der Waals surface area contributed by atoms with Crippen molar-refractivity contribution >= 4 is 18.3 Å². The average Bonchev–Trinajstić information content (AvgIpc) is 2.64. The number of carbonyl (C=O) groups is 1. The molecule has 0 saturated carbocycles. The molecule has 0 spiro atoms. The highest BCUT2D eigenvalue weighted by molar-refractivity contribution is 5.85. The Bertz CT molecular complexity index is 673. The van der Waals surface area contributed by atoms with E-state index in [0.29, 0.717) is 19.6 Å². The van der Waals surface area contributed by atoms with Gasteiger partial charge in [0.05, 0.1) is 19.3 Å². The molecule has 2 unspecified atom stereocenters. The fourth-order valence-electron chi connectivity index (χ4n) is 2.81. The Morgan fingerprint density at radius 1 is 1.19 bits per heavy atom. The van der Waals surface area contributed by atoms with Crippen LogP contribution in [0.5, 0.6) is 11.5 Å². The third-order valence-electron chi connectivity index (χ3n) is 4.17. The molecular formula is C20H25ClN2O3. The van der Waals surface area contributed by atoms with Crippen molar-refractivity contribution in [1.29, 1.82) is 0 Å². The molecule has 0 aliphatic carbocycles. The molecule has 1 fully saturated rings. The van der Waals surface area contributed by atoms with Crippen molar-refractivity contribution < 1.29 is 14.3 Å². The second kappa shape index (κ2) is 10.2. The minimum absolute atomic E-state index is 0. The molecule has 3 rings (SSSR count). The zero-order valence-electron chi connectivity index (χ0n) is 14.8. The van der Waals surface area contributed by atoms with E-state index in [1.807, 2.05) is 61.5 Å². The van der Waals surface area contributed by atoms with Gasteiger partial charge in [-0.1, -0.05) is 30.3 Å². The number of morpholine rings is 1. The number of amides is 1. The standard InChI is InChI=1S/C20H24N2O3.ClH/c1-15(22-20(23)13-17-14-24-12-11-21-17)16-7-9-19(10-8-16)25-18-5-3-2-4-6-18;/h2-10,15,17,21H,11-14H2,1H3,(H,22,23);1H. The summed E-state index contributed by atoms with van der Waals surface area (Å²) in [5.41, 5.74) is 1.04. The normalized spacial score (nSPS) is 17.7. The molecule has 1 amide bonds. The molecular weight excluding hydrogens is 352 g/mol. The molecule has 0 aromatic heterocycles. The summed E-state index contributed by atoms with van der Waals surface area (Å²) in [6.07, 6.45) is 0.430. The van der Waals surface area contributed by atoms with Crippen LogP contribution in [-0.4, -0.2) is 31.7 Å². The van der Waals surface area contributed by atoms with Crippen LogP contribution in [0.2, 0.25) is 0 Å². The second-order valence-corrected chi connectivity index (χ2v) is 6.20. The van der Waals surface area contributed by atoms with Crippen LogP contribution in [0.15, 0.2) is 54.6 Å². The van der Waals surface area contributed by atoms with E-state index >= 15 is 0 Å². The van der Waals surface area contributed by atoms with E-state index < -0.39 is 0 Å². The Hall–Kier alpha value is -2.08. The first kappa shape index (κ1) is 20.2. The number of halogens is 1. The van der Waals surface area contributed by atoms with E-state index in [1.54, 1.807) is 0 Å². The molecule has 0 bridgehead atoms. The summed E-state index contributed by atoms with van der Waals surface area (Å²) in [6.45, 7) is 4.09. The fourth-order valence-corrected chi connectivity index (χ4v) is 2.81. The maximum atomic E-state index is 12.2. The van der Waals surface area contributed by atoms with Crippen LogP contribution >= 0.6 is 12.4 Å². The zero-order valence-corrected chi connectivity index (χ0v) is 15.6. The van der Waals surface area contributed by atoms with Gasteiger partial charge in [0.25, 0.3) is 0 Å². The molecule has 0 radical (unpaired) electrons.